The topological polar surface area (TPSA) is 98.9 Å². The van der Waals surface area contributed by atoms with Gasteiger partial charge in [-0.3, -0.25) is 9.69 Å². The number of hydrogen-bond acceptors (Lipinski definition) is 7. The molecule has 0 bridgehead atoms. The van der Waals surface area contributed by atoms with E-state index < -0.39 is 18.0 Å². The highest BCUT2D eigenvalue weighted by molar-refractivity contribution is 8.23. The van der Waals surface area contributed by atoms with E-state index in [0.29, 0.717) is 4.24 Å². The number of aliphatic hydroxyl groups is 1. The number of amides is 1. The van der Waals surface area contributed by atoms with Gasteiger partial charge in [0, 0.05) is 25.4 Å². The highest BCUT2D eigenvalue weighted by Crippen LogP contribution is 2.55. The van der Waals surface area contributed by atoms with Gasteiger partial charge >= 0.3 is 5.97 Å². The van der Waals surface area contributed by atoms with Crippen LogP contribution in [0.2, 0.25) is 0 Å². The standard InChI is InChI=1S/C19H20N4O4S2/c1-9(24)13-15(25)23-14(17(26)27)18(29-16(13)23)28-10-7-22(8-10)19-20-11-5-3-4-6-12(11)21(19)2/h3-6,9-10,13,16,24H,7-8H2,1-2H3,(H,26,27)/t9-,13+,16-/m1/s1. The summed E-state index contributed by atoms with van der Waals surface area (Å²) >= 11 is 2.90. The summed E-state index contributed by atoms with van der Waals surface area (Å²) in [4.78, 5) is 32.3. The minimum absolute atomic E-state index is 0.0630. The van der Waals surface area contributed by atoms with Crippen molar-refractivity contribution < 1.29 is 19.8 Å². The first kappa shape index (κ1) is 18.8. The first-order chi connectivity index (χ1) is 13.9. The Hall–Kier alpha value is -2.17. The molecule has 3 aliphatic heterocycles. The van der Waals surface area contributed by atoms with Crippen molar-refractivity contribution in [2.75, 3.05) is 18.0 Å². The molecule has 2 fully saturated rings. The number of aromatic nitrogens is 2. The number of aliphatic carboxylic acids is 1. The minimum atomic E-state index is -1.09. The summed E-state index contributed by atoms with van der Waals surface area (Å²) in [6.07, 6.45) is -0.785. The van der Waals surface area contributed by atoms with Gasteiger partial charge in [-0.1, -0.05) is 23.9 Å². The molecule has 0 unspecified atom stereocenters. The number of rotatable bonds is 5. The lowest BCUT2D eigenvalue weighted by Crippen LogP contribution is -2.60. The van der Waals surface area contributed by atoms with Gasteiger partial charge in [-0.25, -0.2) is 9.78 Å². The Morgan fingerprint density at radius 3 is 2.72 bits per heavy atom. The van der Waals surface area contributed by atoms with E-state index in [2.05, 4.69) is 9.47 Å². The van der Waals surface area contributed by atoms with Crippen molar-refractivity contribution in [1.29, 1.82) is 0 Å². The van der Waals surface area contributed by atoms with Gasteiger partial charge < -0.3 is 19.7 Å². The van der Waals surface area contributed by atoms with Crippen molar-refractivity contribution in [3.63, 3.8) is 0 Å². The van der Waals surface area contributed by atoms with Gasteiger partial charge in [-0.2, -0.15) is 0 Å². The molecule has 5 rings (SSSR count). The van der Waals surface area contributed by atoms with Crippen LogP contribution in [-0.4, -0.2) is 66.4 Å². The molecule has 0 saturated carbocycles. The zero-order valence-electron chi connectivity index (χ0n) is 15.8. The number of benzene rings is 1. The smallest absolute Gasteiger partial charge is 0.354 e. The van der Waals surface area contributed by atoms with Crippen LogP contribution in [0.25, 0.3) is 11.0 Å². The molecule has 0 radical (unpaired) electrons. The first-order valence-corrected chi connectivity index (χ1v) is 11.1. The summed E-state index contributed by atoms with van der Waals surface area (Å²) in [5.41, 5.74) is 2.09. The number of aliphatic hydroxyl groups excluding tert-OH is 1. The number of carboxylic acids is 1. The molecule has 10 heteroatoms. The van der Waals surface area contributed by atoms with Crippen LogP contribution in [0, 0.1) is 5.92 Å². The molecule has 3 atom stereocenters. The fourth-order valence-electron chi connectivity index (χ4n) is 4.08. The third-order valence-electron chi connectivity index (χ3n) is 5.64. The molecular formula is C19H20N4O4S2. The zero-order chi connectivity index (χ0) is 20.4. The number of β-lactam (4-membered cyclic amide) rings is 1. The molecule has 4 heterocycles. The molecule has 2 aromatic rings. The van der Waals surface area contributed by atoms with E-state index in [1.165, 1.54) is 28.4 Å². The maximum absolute atomic E-state index is 12.3. The van der Waals surface area contributed by atoms with Gasteiger partial charge in [0.15, 0.2) is 5.70 Å². The summed E-state index contributed by atoms with van der Waals surface area (Å²) in [6.45, 7) is 3.10. The predicted octanol–water partition coefficient (Wildman–Crippen LogP) is 1.66. The van der Waals surface area contributed by atoms with Gasteiger partial charge in [-0.15, -0.1) is 11.8 Å². The summed E-state index contributed by atoms with van der Waals surface area (Å²) in [5.74, 6) is -1.03. The van der Waals surface area contributed by atoms with Gasteiger partial charge in [0.2, 0.25) is 11.9 Å². The van der Waals surface area contributed by atoms with Crippen LogP contribution in [0.5, 0.6) is 0 Å². The Balaban J connectivity index is 1.30. The molecule has 1 aromatic carbocycles. The molecule has 1 amide bonds. The van der Waals surface area contributed by atoms with E-state index in [0.717, 1.165) is 30.1 Å². The number of para-hydroxylation sites is 2. The number of nitrogens with zero attached hydrogens (tertiary/aromatic N) is 4. The summed E-state index contributed by atoms with van der Waals surface area (Å²) in [7, 11) is 2.00. The van der Waals surface area contributed by atoms with Crippen molar-refractivity contribution in [3.8, 4) is 0 Å². The second-order valence-corrected chi connectivity index (χ2v) is 10.2. The molecule has 0 aliphatic carbocycles. The summed E-state index contributed by atoms with van der Waals surface area (Å²) < 4.78 is 2.73. The molecule has 1 aromatic heterocycles. The lowest BCUT2D eigenvalue weighted by molar-refractivity contribution is -0.156. The second-order valence-electron chi connectivity index (χ2n) is 7.53. The number of fused-ring (bicyclic) bond motifs is 2. The number of hydrogen-bond donors (Lipinski definition) is 2. The number of anilines is 1. The van der Waals surface area contributed by atoms with Crippen LogP contribution in [0.1, 0.15) is 6.92 Å². The highest BCUT2D eigenvalue weighted by Gasteiger charge is 2.58. The van der Waals surface area contributed by atoms with Gasteiger partial charge in [0.1, 0.15) is 5.37 Å². The van der Waals surface area contributed by atoms with Crippen molar-refractivity contribution in [3.05, 3.63) is 34.2 Å². The summed E-state index contributed by atoms with van der Waals surface area (Å²) in [5, 5.41) is 19.4. The molecular weight excluding hydrogens is 412 g/mol. The Kier molecular flexibility index (Phi) is 4.34. The van der Waals surface area contributed by atoms with Crippen molar-refractivity contribution in [2.24, 2.45) is 13.0 Å². The second kappa shape index (κ2) is 6.68. The van der Waals surface area contributed by atoms with Crippen LogP contribution in [0.15, 0.2) is 34.2 Å². The number of carboxylic acid groups (broad SMARTS) is 1. The molecule has 2 saturated heterocycles. The summed E-state index contributed by atoms with van der Waals surface area (Å²) in [6, 6.07) is 7.99. The van der Waals surface area contributed by atoms with Crippen molar-refractivity contribution in [1.82, 2.24) is 14.5 Å². The molecule has 0 spiro atoms. The van der Waals surface area contributed by atoms with Crippen LogP contribution in [0.4, 0.5) is 5.95 Å². The Labute approximate surface area is 175 Å². The van der Waals surface area contributed by atoms with Crippen molar-refractivity contribution >= 4 is 52.4 Å². The van der Waals surface area contributed by atoms with E-state index in [9.17, 15) is 19.8 Å². The van der Waals surface area contributed by atoms with Gasteiger partial charge in [0.05, 0.1) is 27.3 Å². The number of carbonyl (C=O) groups is 2. The maximum Gasteiger partial charge on any atom is 0.354 e. The lowest BCUT2D eigenvalue weighted by Gasteiger charge is -2.43. The average Bonchev–Trinajstić information content (AvgIpc) is 3.13. The Bertz CT molecular complexity index is 1060. The van der Waals surface area contributed by atoms with Crippen LogP contribution < -0.4 is 4.90 Å². The van der Waals surface area contributed by atoms with Crippen LogP contribution in [-0.2, 0) is 16.6 Å². The molecule has 152 valence electrons. The predicted molar refractivity (Wildman–Crippen MR) is 112 cm³/mol. The van der Waals surface area contributed by atoms with Crippen LogP contribution in [0.3, 0.4) is 0 Å². The fraction of sp³-hybridized carbons (Fsp3) is 0.421. The maximum atomic E-state index is 12.3. The van der Waals surface area contributed by atoms with E-state index in [1.54, 1.807) is 6.92 Å². The SMILES string of the molecule is C[C@@H](O)[C@H]1C(=O)N2C(C(=O)O)=C(SC3CN(c4nc5ccccc5n4C)C3)S[C@H]12. The monoisotopic (exact) mass is 432 g/mol. The highest BCUT2D eigenvalue weighted by atomic mass is 32.2. The molecule has 2 N–H and O–H groups in total. The number of imidazole rings is 1. The Morgan fingerprint density at radius 1 is 1.34 bits per heavy atom. The van der Waals surface area contributed by atoms with E-state index in [-0.39, 0.29) is 22.2 Å². The minimum Gasteiger partial charge on any atom is -0.477 e. The van der Waals surface area contributed by atoms with E-state index in [4.69, 9.17) is 4.98 Å². The Morgan fingerprint density at radius 2 is 2.07 bits per heavy atom. The normalized spacial score (nSPS) is 25.3. The quantitative estimate of drug-likeness (QED) is 0.689. The lowest BCUT2D eigenvalue weighted by atomic mass is 9.92. The first-order valence-electron chi connectivity index (χ1n) is 9.35. The zero-order valence-corrected chi connectivity index (χ0v) is 17.5. The molecule has 3 aliphatic rings. The fourth-order valence-corrected chi connectivity index (χ4v) is 7.43. The number of aryl methyl sites for hydroxylation is 1. The third kappa shape index (κ3) is 2.77. The van der Waals surface area contributed by atoms with E-state index >= 15 is 0 Å². The van der Waals surface area contributed by atoms with Gasteiger partial charge in [0.25, 0.3) is 0 Å². The third-order valence-corrected chi connectivity index (χ3v) is 8.41. The van der Waals surface area contributed by atoms with E-state index in [1.807, 2.05) is 31.3 Å². The largest absolute Gasteiger partial charge is 0.477 e. The van der Waals surface area contributed by atoms with Crippen LogP contribution >= 0.6 is 23.5 Å². The number of carbonyl (C=O) groups excluding carboxylic acids is 1. The average molecular weight is 433 g/mol. The number of thioether (sulfide) groups is 2. The molecule has 29 heavy (non-hydrogen) atoms. The van der Waals surface area contributed by atoms with Gasteiger partial charge in [-0.05, 0) is 19.1 Å². The molecule has 8 nitrogen and oxygen atoms in total. The van der Waals surface area contributed by atoms with Crippen molar-refractivity contribution in [2.45, 2.75) is 23.7 Å².